The molecule has 4 nitrogen and oxygen atoms in total. The fourth-order valence-corrected chi connectivity index (χ4v) is 1.72. The summed E-state index contributed by atoms with van der Waals surface area (Å²) in [5.74, 6) is 0.497. The minimum absolute atomic E-state index is 0.0659. The highest BCUT2D eigenvalue weighted by atomic mass is 16.1. The average Bonchev–Trinajstić information content (AvgIpc) is 2.46. The minimum atomic E-state index is -0.0659. The largest absolute Gasteiger partial charge is 0.383 e. The summed E-state index contributed by atoms with van der Waals surface area (Å²) in [7, 11) is 3.48. The van der Waals surface area contributed by atoms with E-state index in [0.29, 0.717) is 11.4 Å². The van der Waals surface area contributed by atoms with Gasteiger partial charge in [0.25, 0.3) is 5.56 Å². The molecule has 16 heavy (non-hydrogen) atoms. The number of aryl methyl sites for hydroxylation is 1. The van der Waals surface area contributed by atoms with E-state index in [-0.39, 0.29) is 5.56 Å². The molecule has 0 aliphatic carbocycles. The van der Waals surface area contributed by atoms with Crippen molar-refractivity contribution in [3.8, 4) is 11.1 Å². The van der Waals surface area contributed by atoms with E-state index in [1.165, 1.54) is 4.68 Å². The van der Waals surface area contributed by atoms with Crippen molar-refractivity contribution >= 4 is 5.82 Å². The van der Waals surface area contributed by atoms with Crippen LogP contribution in [0.4, 0.5) is 5.82 Å². The van der Waals surface area contributed by atoms with Crippen LogP contribution in [0.25, 0.3) is 11.1 Å². The number of hydrogen-bond acceptors (Lipinski definition) is 2. The maximum absolute atomic E-state index is 12.0. The van der Waals surface area contributed by atoms with Gasteiger partial charge in [-0.1, -0.05) is 29.8 Å². The second-order valence-corrected chi connectivity index (χ2v) is 3.98. The molecule has 1 aromatic heterocycles. The molecule has 2 aromatic rings. The summed E-state index contributed by atoms with van der Waals surface area (Å²) in [6.45, 7) is 2.01. The lowest BCUT2D eigenvalue weighted by Gasteiger charge is -2.01. The number of aromatic nitrogens is 2. The van der Waals surface area contributed by atoms with Crippen molar-refractivity contribution in [3.63, 3.8) is 0 Å². The van der Waals surface area contributed by atoms with Crippen molar-refractivity contribution in [2.75, 3.05) is 5.73 Å². The lowest BCUT2D eigenvalue weighted by atomic mass is 10.1. The number of hydrogen-bond donors (Lipinski definition) is 1. The molecule has 2 N–H and O–H groups in total. The molecule has 1 heterocycles. The molecule has 2 rings (SSSR count). The molecular weight excluding hydrogens is 202 g/mol. The van der Waals surface area contributed by atoms with Gasteiger partial charge in [0.05, 0.1) is 5.56 Å². The number of nitrogen functional groups attached to an aromatic ring is 1. The molecule has 4 heteroatoms. The summed E-state index contributed by atoms with van der Waals surface area (Å²) in [5, 5.41) is 0. The normalized spacial score (nSPS) is 10.7. The molecule has 84 valence electrons. The quantitative estimate of drug-likeness (QED) is 0.782. The molecule has 0 unspecified atom stereocenters. The molecule has 0 saturated heterocycles. The van der Waals surface area contributed by atoms with E-state index in [4.69, 9.17) is 5.73 Å². The fraction of sp³-hybridized carbons (Fsp3) is 0.250. The zero-order chi connectivity index (χ0) is 11.9. The van der Waals surface area contributed by atoms with Crippen molar-refractivity contribution in [3.05, 3.63) is 40.2 Å². The Morgan fingerprint density at radius 1 is 1.06 bits per heavy atom. The van der Waals surface area contributed by atoms with Gasteiger partial charge >= 0.3 is 0 Å². The summed E-state index contributed by atoms with van der Waals surface area (Å²) in [6, 6.07) is 7.78. The van der Waals surface area contributed by atoms with Crippen molar-refractivity contribution in [2.45, 2.75) is 6.92 Å². The predicted molar refractivity (Wildman–Crippen MR) is 65.2 cm³/mol. The van der Waals surface area contributed by atoms with Crippen LogP contribution in [0.5, 0.6) is 0 Å². The highest BCUT2D eigenvalue weighted by Crippen LogP contribution is 2.22. The van der Waals surface area contributed by atoms with Crippen LogP contribution in [0.1, 0.15) is 5.56 Å². The number of rotatable bonds is 1. The highest BCUT2D eigenvalue weighted by molar-refractivity contribution is 5.73. The van der Waals surface area contributed by atoms with Crippen LogP contribution < -0.4 is 11.3 Å². The van der Waals surface area contributed by atoms with Crippen molar-refractivity contribution < 1.29 is 0 Å². The van der Waals surface area contributed by atoms with E-state index in [0.717, 1.165) is 11.1 Å². The van der Waals surface area contributed by atoms with Crippen LogP contribution in [-0.2, 0) is 14.1 Å². The predicted octanol–water partition coefficient (Wildman–Crippen LogP) is 1.28. The van der Waals surface area contributed by atoms with Crippen molar-refractivity contribution in [2.24, 2.45) is 14.1 Å². The number of nitrogens with zero attached hydrogens (tertiary/aromatic N) is 2. The van der Waals surface area contributed by atoms with Gasteiger partial charge in [-0.05, 0) is 12.5 Å². The monoisotopic (exact) mass is 217 g/mol. The first-order valence-corrected chi connectivity index (χ1v) is 5.11. The Balaban J connectivity index is 2.70. The van der Waals surface area contributed by atoms with Crippen LogP contribution in [-0.4, -0.2) is 9.36 Å². The van der Waals surface area contributed by atoms with E-state index in [9.17, 15) is 4.79 Å². The summed E-state index contributed by atoms with van der Waals surface area (Å²) in [4.78, 5) is 12.0. The highest BCUT2D eigenvalue weighted by Gasteiger charge is 2.14. The third kappa shape index (κ3) is 1.43. The van der Waals surface area contributed by atoms with Gasteiger partial charge in [0.1, 0.15) is 5.82 Å². The topological polar surface area (TPSA) is 52.9 Å². The molecule has 0 aliphatic rings. The molecular formula is C12H15N3O. The Bertz CT molecular complexity index is 576. The summed E-state index contributed by atoms with van der Waals surface area (Å²) < 4.78 is 3.15. The average molecular weight is 217 g/mol. The zero-order valence-corrected chi connectivity index (χ0v) is 9.69. The van der Waals surface area contributed by atoms with Gasteiger partial charge < -0.3 is 5.73 Å². The number of benzene rings is 1. The summed E-state index contributed by atoms with van der Waals surface area (Å²) in [6.07, 6.45) is 0. The van der Waals surface area contributed by atoms with Crippen LogP contribution in [0, 0.1) is 6.92 Å². The van der Waals surface area contributed by atoms with Crippen molar-refractivity contribution in [1.82, 2.24) is 9.36 Å². The Morgan fingerprint density at radius 2 is 1.62 bits per heavy atom. The van der Waals surface area contributed by atoms with Crippen LogP contribution in [0.2, 0.25) is 0 Å². The van der Waals surface area contributed by atoms with Crippen LogP contribution in [0.15, 0.2) is 29.1 Å². The maximum atomic E-state index is 12.0. The molecule has 1 aromatic carbocycles. The van der Waals surface area contributed by atoms with E-state index >= 15 is 0 Å². The van der Waals surface area contributed by atoms with E-state index in [1.54, 1.807) is 18.8 Å². The van der Waals surface area contributed by atoms with Gasteiger partial charge in [0, 0.05) is 14.1 Å². The Hall–Kier alpha value is -1.97. The Morgan fingerprint density at radius 3 is 2.06 bits per heavy atom. The number of nitrogens with two attached hydrogens (primary N) is 1. The molecule has 0 fully saturated rings. The smallest absolute Gasteiger partial charge is 0.276 e. The van der Waals surface area contributed by atoms with Gasteiger partial charge in [0.15, 0.2) is 0 Å². The van der Waals surface area contributed by atoms with Crippen LogP contribution >= 0.6 is 0 Å². The lowest BCUT2D eigenvalue weighted by Crippen LogP contribution is -2.17. The molecule has 0 atom stereocenters. The van der Waals surface area contributed by atoms with Gasteiger partial charge in [0.2, 0.25) is 0 Å². The zero-order valence-electron chi connectivity index (χ0n) is 9.69. The first kappa shape index (κ1) is 10.5. The Labute approximate surface area is 93.9 Å². The summed E-state index contributed by atoms with van der Waals surface area (Å²) >= 11 is 0. The van der Waals surface area contributed by atoms with Gasteiger partial charge in [-0.2, -0.15) is 0 Å². The second-order valence-electron chi connectivity index (χ2n) is 3.98. The van der Waals surface area contributed by atoms with Gasteiger partial charge in [-0.3, -0.25) is 14.2 Å². The first-order valence-electron chi connectivity index (χ1n) is 5.11. The van der Waals surface area contributed by atoms with E-state index < -0.39 is 0 Å². The molecule has 0 spiro atoms. The lowest BCUT2D eigenvalue weighted by molar-refractivity contribution is 0.586. The molecule has 0 saturated carbocycles. The standard InChI is InChI=1S/C12H15N3O/c1-8-4-6-9(7-5-8)10-11(13)14(2)15(3)12(10)16/h4-7H,13H2,1-3H3. The second kappa shape index (κ2) is 3.56. The van der Waals surface area contributed by atoms with E-state index in [2.05, 4.69) is 0 Å². The molecule has 0 amide bonds. The van der Waals surface area contributed by atoms with Crippen molar-refractivity contribution in [1.29, 1.82) is 0 Å². The molecule has 0 bridgehead atoms. The third-order valence-electron chi connectivity index (χ3n) is 2.90. The Kier molecular flexibility index (Phi) is 2.34. The molecule has 0 radical (unpaired) electrons. The third-order valence-corrected chi connectivity index (χ3v) is 2.90. The SMILES string of the molecule is Cc1ccc(-c2c(N)n(C)n(C)c2=O)cc1. The van der Waals surface area contributed by atoms with E-state index in [1.807, 2.05) is 31.2 Å². The maximum Gasteiger partial charge on any atom is 0.276 e. The van der Waals surface area contributed by atoms with Gasteiger partial charge in [-0.25, -0.2) is 0 Å². The fourth-order valence-electron chi connectivity index (χ4n) is 1.72. The van der Waals surface area contributed by atoms with Gasteiger partial charge in [-0.15, -0.1) is 0 Å². The minimum Gasteiger partial charge on any atom is -0.383 e. The van der Waals surface area contributed by atoms with Crippen LogP contribution in [0.3, 0.4) is 0 Å². The molecule has 0 aliphatic heterocycles. The first-order chi connectivity index (χ1) is 7.52. The summed E-state index contributed by atoms with van der Waals surface area (Å²) in [5.41, 5.74) is 8.45. The number of anilines is 1.